The number of H-pyrrole nitrogens is 1. The minimum Gasteiger partial charge on any atom is -0.378 e. The zero-order valence-corrected chi connectivity index (χ0v) is 13.7. The van der Waals surface area contributed by atoms with Crippen LogP contribution in [0.15, 0.2) is 24.5 Å². The lowest BCUT2D eigenvalue weighted by atomic mass is 10.1. The van der Waals surface area contributed by atoms with E-state index in [1.54, 1.807) is 6.33 Å². The summed E-state index contributed by atoms with van der Waals surface area (Å²) in [5.74, 6) is 0.855. The summed E-state index contributed by atoms with van der Waals surface area (Å²) in [7, 11) is 4.04. The lowest BCUT2D eigenvalue weighted by Crippen LogP contribution is -2.46. The molecule has 0 bridgehead atoms. The van der Waals surface area contributed by atoms with Crippen molar-refractivity contribution in [1.29, 1.82) is 0 Å². The smallest absolute Gasteiger partial charge is 0.221 e. The van der Waals surface area contributed by atoms with Gasteiger partial charge >= 0.3 is 0 Å². The van der Waals surface area contributed by atoms with E-state index in [2.05, 4.69) is 42.0 Å². The second-order valence-electron chi connectivity index (χ2n) is 5.74. The summed E-state index contributed by atoms with van der Waals surface area (Å²) < 4.78 is 0. The molecule has 0 atom stereocenters. The Morgan fingerprint density at radius 2 is 2.00 bits per heavy atom. The number of piperazine rings is 1. The quantitative estimate of drug-likeness (QED) is 0.931. The van der Waals surface area contributed by atoms with Crippen LogP contribution in [-0.4, -0.2) is 60.4 Å². The first-order valence-corrected chi connectivity index (χ1v) is 7.79. The van der Waals surface area contributed by atoms with Crippen molar-refractivity contribution >= 4 is 23.2 Å². The molecule has 0 unspecified atom stereocenters. The predicted octanol–water partition coefficient (Wildman–Crippen LogP) is 1.85. The third kappa shape index (κ3) is 3.34. The van der Waals surface area contributed by atoms with Crippen LogP contribution in [0.25, 0.3) is 0 Å². The van der Waals surface area contributed by atoms with Crippen molar-refractivity contribution in [2.24, 2.45) is 0 Å². The van der Waals surface area contributed by atoms with Crippen molar-refractivity contribution in [3.8, 4) is 0 Å². The van der Waals surface area contributed by atoms with Crippen LogP contribution < -0.4 is 9.80 Å². The molecule has 1 N–H and O–H groups in total. The molecular formula is C15H21ClN6. The number of nitrogens with zero attached hydrogens (tertiary/aromatic N) is 5. The van der Waals surface area contributed by atoms with Gasteiger partial charge in [0.05, 0.1) is 0 Å². The maximum Gasteiger partial charge on any atom is 0.221 e. The molecule has 0 radical (unpaired) electrons. The molecule has 3 rings (SSSR count). The molecule has 1 saturated heterocycles. The van der Waals surface area contributed by atoms with Crippen molar-refractivity contribution in [2.45, 2.75) is 6.54 Å². The first-order chi connectivity index (χ1) is 10.6. The molecule has 7 heteroatoms. The van der Waals surface area contributed by atoms with Crippen molar-refractivity contribution in [3.05, 3.63) is 35.1 Å². The molecule has 1 aromatic carbocycles. The fourth-order valence-electron chi connectivity index (χ4n) is 2.65. The van der Waals surface area contributed by atoms with Gasteiger partial charge in [-0.15, -0.1) is 0 Å². The van der Waals surface area contributed by atoms with E-state index in [4.69, 9.17) is 11.6 Å². The van der Waals surface area contributed by atoms with Crippen LogP contribution >= 0.6 is 11.6 Å². The molecule has 118 valence electrons. The molecule has 0 spiro atoms. The first-order valence-electron chi connectivity index (χ1n) is 7.42. The van der Waals surface area contributed by atoms with Gasteiger partial charge in [-0.25, -0.2) is 5.10 Å². The van der Waals surface area contributed by atoms with E-state index in [0.29, 0.717) is 0 Å². The predicted molar refractivity (Wildman–Crippen MR) is 89.7 cm³/mol. The lowest BCUT2D eigenvalue weighted by molar-refractivity contribution is 0.249. The third-order valence-corrected chi connectivity index (χ3v) is 4.37. The van der Waals surface area contributed by atoms with Gasteiger partial charge in [-0.1, -0.05) is 17.7 Å². The van der Waals surface area contributed by atoms with Gasteiger partial charge in [-0.3, -0.25) is 4.90 Å². The van der Waals surface area contributed by atoms with Gasteiger partial charge in [0.15, 0.2) is 0 Å². The topological polar surface area (TPSA) is 51.3 Å². The minimum atomic E-state index is 0.837. The van der Waals surface area contributed by atoms with Crippen LogP contribution in [0.4, 0.5) is 11.6 Å². The van der Waals surface area contributed by atoms with E-state index in [1.165, 1.54) is 5.56 Å². The molecule has 1 aromatic heterocycles. The normalized spacial score (nSPS) is 16.0. The zero-order valence-electron chi connectivity index (χ0n) is 13.0. The van der Waals surface area contributed by atoms with Crippen LogP contribution in [0.2, 0.25) is 5.02 Å². The highest BCUT2D eigenvalue weighted by Crippen LogP contribution is 2.24. The van der Waals surface area contributed by atoms with Gasteiger partial charge in [-0.05, 0) is 17.7 Å². The van der Waals surface area contributed by atoms with Gasteiger partial charge < -0.3 is 9.80 Å². The fraction of sp³-hybridized carbons (Fsp3) is 0.467. The molecule has 6 nitrogen and oxygen atoms in total. The standard InChI is InChI=1S/C15H21ClN6/c1-20(2)13-4-3-12(14(16)9-13)10-21-5-7-22(8-6-21)15-17-11-18-19-15/h3-4,9,11H,5-8,10H2,1-2H3,(H,17,18,19). The second-order valence-corrected chi connectivity index (χ2v) is 6.15. The van der Waals surface area contributed by atoms with Crippen molar-refractivity contribution in [2.75, 3.05) is 50.1 Å². The molecule has 2 heterocycles. The number of hydrogen-bond donors (Lipinski definition) is 1. The molecule has 0 saturated carbocycles. The summed E-state index contributed by atoms with van der Waals surface area (Å²) in [6.07, 6.45) is 1.55. The van der Waals surface area contributed by atoms with Crippen LogP contribution in [0.5, 0.6) is 0 Å². The maximum absolute atomic E-state index is 6.42. The van der Waals surface area contributed by atoms with E-state index in [9.17, 15) is 0 Å². The highest BCUT2D eigenvalue weighted by Gasteiger charge is 2.19. The summed E-state index contributed by atoms with van der Waals surface area (Å²) in [6, 6.07) is 6.27. The Morgan fingerprint density at radius 3 is 2.59 bits per heavy atom. The first kappa shape index (κ1) is 15.1. The van der Waals surface area contributed by atoms with E-state index in [0.717, 1.165) is 49.4 Å². The van der Waals surface area contributed by atoms with Crippen molar-refractivity contribution in [3.63, 3.8) is 0 Å². The van der Waals surface area contributed by atoms with Crippen LogP contribution in [0, 0.1) is 0 Å². The number of halogens is 1. The van der Waals surface area contributed by atoms with E-state index in [-0.39, 0.29) is 0 Å². The number of benzene rings is 1. The molecule has 22 heavy (non-hydrogen) atoms. The number of aromatic amines is 1. The summed E-state index contributed by atoms with van der Waals surface area (Å²) in [6.45, 7) is 4.76. The number of aromatic nitrogens is 3. The highest BCUT2D eigenvalue weighted by atomic mass is 35.5. The summed E-state index contributed by atoms with van der Waals surface area (Å²) in [5.41, 5.74) is 2.31. The van der Waals surface area contributed by atoms with Gasteiger partial charge in [0, 0.05) is 57.5 Å². The number of hydrogen-bond acceptors (Lipinski definition) is 5. The van der Waals surface area contributed by atoms with E-state index < -0.39 is 0 Å². The Morgan fingerprint density at radius 1 is 1.23 bits per heavy atom. The number of rotatable bonds is 4. The minimum absolute atomic E-state index is 0.837. The van der Waals surface area contributed by atoms with E-state index in [1.807, 2.05) is 20.2 Å². The van der Waals surface area contributed by atoms with E-state index >= 15 is 0 Å². The third-order valence-electron chi connectivity index (χ3n) is 4.02. The number of anilines is 2. The molecule has 1 aliphatic rings. The Hall–Kier alpha value is -1.79. The fourth-order valence-corrected chi connectivity index (χ4v) is 2.89. The molecule has 1 aliphatic heterocycles. The Bertz CT molecular complexity index is 605. The average Bonchev–Trinajstić information content (AvgIpc) is 3.04. The Balaban J connectivity index is 1.59. The summed E-state index contributed by atoms with van der Waals surface area (Å²) >= 11 is 6.42. The van der Waals surface area contributed by atoms with Crippen LogP contribution in [-0.2, 0) is 6.54 Å². The van der Waals surface area contributed by atoms with Gasteiger partial charge in [0.2, 0.25) is 5.95 Å². The lowest BCUT2D eigenvalue weighted by Gasteiger charge is -2.34. The van der Waals surface area contributed by atoms with Crippen molar-refractivity contribution < 1.29 is 0 Å². The summed E-state index contributed by atoms with van der Waals surface area (Å²) in [4.78, 5) is 10.9. The average molecular weight is 321 g/mol. The summed E-state index contributed by atoms with van der Waals surface area (Å²) in [5, 5.41) is 7.66. The van der Waals surface area contributed by atoms with Gasteiger partial charge in [0.25, 0.3) is 0 Å². The highest BCUT2D eigenvalue weighted by molar-refractivity contribution is 6.31. The van der Waals surface area contributed by atoms with Gasteiger partial charge in [-0.2, -0.15) is 10.1 Å². The molecular weight excluding hydrogens is 300 g/mol. The molecule has 0 aliphatic carbocycles. The second kappa shape index (κ2) is 6.54. The Kier molecular flexibility index (Phi) is 4.49. The van der Waals surface area contributed by atoms with Gasteiger partial charge in [0.1, 0.15) is 6.33 Å². The van der Waals surface area contributed by atoms with Crippen LogP contribution in [0.3, 0.4) is 0 Å². The largest absolute Gasteiger partial charge is 0.378 e. The molecule has 0 amide bonds. The maximum atomic E-state index is 6.42. The van der Waals surface area contributed by atoms with Crippen molar-refractivity contribution in [1.82, 2.24) is 20.1 Å². The molecule has 1 fully saturated rings. The number of nitrogens with one attached hydrogen (secondary N) is 1. The van der Waals surface area contributed by atoms with Crippen LogP contribution in [0.1, 0.15) is 5.56 Å². The Labute approximate surface area is 135 Å². The molecule has 2 aromatic rings. The zero-order chi connectivity index (χ0) is 15.5. The SMILES string of the molecule is CN(C)c1ccc(CN2CCN(c3ncn[nH]3)CC2)c(Cl)c1. The monoisotopic (exact) mass is 320 g/mol.